The molecule has 1 aliphatic heterocycles. The third-order valence-corrected chi connectivity index (χ3v) is 4.18. The first kappa shape index (κ1) is 14.7. The zero-order chi connectivity index (χ0) is 15.6. The van der Waals surface area contributed by atoms with Crippen molar-refractivity contribution < 1.29 is 24.2 Å². The van der Waals surface area contributed by atoms with Crippen LogP contribution in [0.25, 0.3) is 0 Å². The quantitative estimate of drug-likeness (QED) is 0.861. The molecule has 0 saturated heterocycles. The van der Waals surface area contributed by atoms with Crippen molar-refractivity contribution in [1.29, 1.82) is 0 Å². The Balaban J connectivity index is 1.63. The van der Waals surface area contributed by atoms with E-state index in [9.17, 15) is 9.59 Å². The fraction of sp³-hybridized carbons (Fsp3) is 0.500. The highest BCUT2D eigenvalue weighted by Crippen LogP contribution is 2.35. The highest BCUT2D eigenvalue weighted by Gasteiger charge is 2.40. The molecule has 0 radical (unpaired) electrons. The van der Waals surface area contributed by atoms with Crippen LogP contribution in [0.3, 0.4) is 0 Å². The summed E-state index contributed by atoms with van der Waals surface area (Å²) in [5, 5.41) is 11.9. The van der Waals surface area contributed by atoms with Crippen LogP contribution in [-0.2, 0) is 16.0 Å². The van der Waals surface area contributed by atoms with Crippen molar-refractivity contribution in [3.8, 4) is 11.5 Å². The van der Waals surface area contributed by atoms with Gasteiger partial charge in [-0.05, 0) is 37.0 Å². The minimum atomic E-state index is -0.876. The van der Waals surface area contributed by atoms with E-state index in [0.29, 0.717) is 24.7 Å². The minimum absolute atomic E-state index is 0.0140. The summed E-state index contributed by atoms with van der Waals surface area (Å²) in [6, 6.07) is 5.43. The van der Waals surface area contributed by atoms with Gasteiger partial charge < -0.3 is 19.9 Å². The summed E-state index contributed by atoms with van der Waals surface area (Å²) in [5.74, 6) is 0.314. The van der Waals surface area contributed by atoms with Gasteiger partial charge in [0.2, 0.25) is 5.91 Å². The molecule has 0 aromatic heterocycles. The number of fused-ring (bicyclic) bond motifs is 1. The van der Waals surface area contributed by atoms with Crippen LogP contribution in [-0.4, -0.2) is 35.7 Å². The van der Waals surface area contributed by atoms with Crippen LogP contribution in [0.1, 0.15) is 31.2 Å². The van der Waals surface area contributed by atoms with E-state index in [1.807, 2.05) is 6.07 Å². The topological polar surface area (TPSA) is 84.9 Å². The Bertz CT molecular complexity index is 594. The molecule has 1 heterocycles. The van der Waals surface area contributed by atoms with Gasteiger partial charge in [-0.1, -0.05) is 6.07 Å². The molecule has 3 rings (SSSR count). The number of carboxylic acids is 1. The lowest BCUT2D eigenvalue weighted by Crippen LogP contribution is -2.55. The van der Waals surface area contributed by atoms with Gasteiger partial charge >= 0.3 is 5.97 Å². The molecular formula is C16H19NO5. The molecule has 6 nitrogen and oxygen atoms in total. The molecule has 1 aromatic rings. The van der Waals surface area contributed by atoms with Crippen molar-refractivity contribution in [3.63, 3.8) is 0 Å². The molecule has 2 aliphatic rings. The van der Waals surface area contributed by atoms with E-state index >= 15 is 0 Å². The predicted molar refractivity (Wildman–Crippen MR) is 78.1 cm³/mol. The molecular weight excluding hydrogens is 286 g/mol. The number of rotatable bonds is 5. The number of benzene rings is 1. The van der Waals surface area contributed by atoms with E-state index in [2.05, 4.69) is 5.32 Å². The number of hydrogen-bond donors (Lipinski definition) is 2. The van der Waals surface area contributed by atoms with E-state index in [-0.39, 0.29) is 18.7 Å². The van der Waals surface area contributed by atoms with Crippen molar-refractivity contribution in [1.82, 2.24) is 5.32 Å². The monoisotopic (exact) mass is 305 g/mol. The molecule has 1 fully saturated rings. The fourth-order valence-corrected chi connectivity index (χ4v) is 2.96. The van der Waals surface area contributed by atoms with E-state index in [4.69, 9.17) is 14.6 Å². The van der Waals surface area contributed by atoms with E-state index in [1.165, 1.54) is 0 Å². The van der Waals surface area contributed by atoms with Crippen LogP contribution in [0.4, 0.5) is 0 Å². The predicted octanol–water partition coefficient (Wildman–Crippen LogP) is 1.51. The number of carbonyl (C=O) groups excluding carboxylic acids is 1. The van der Waals surface area contributed by atoms with Gasteiger partial charge in [0.15, 0.2) is 11.5 Å². The first-order valence-electron chi connectivity index (χ1n) is 7.48. The Hall–Kier alpha value is -2.24. The van der Waals surface area contributed by atoms with Gasteiger partial charge in [0.1, 0.15) is 13.2 Å². The number of aliphatic carboxylic acids is 1. The Morgan fingerprint density at radius 1 is 1.18 bits per heavy atom. The Morgan fingerprint density at radius 3 is 2.55 bits per heavy atom. The van der Waals surface area contributed by atoms with Gasteiger partial charge in [-0.2, -0.15) is 0 Å². The molecule has 1 saturated carbocycles. The minimum Gasteiger partial charge on any atom is -0.486 e. The van der Waals surface area contributed by atoms with Crippen molar-refractivity contribution in [3.05, 3.63) is 23.8 Å². The summed E-state index contributed by atoms with van der Waals surface area (Å²) < 4.78 is 10.9. The van der Waals surface area contributed by atoms with Crippen LogP contribution < -0.4 is 14.8 Å². The third kappa shape index (κ3) is 3.16. The molecule has 0 spiro atoms. The normalized spacial score (nSPS) is 18.2. The number of amides is 1. The van der Waals surface area contributed by atoms with Crippen molar-refractivity contribution >= 4 is 11.9 Å². The lowest BCUT2D eigenvalue weighted by Gasteiger charge is -2.41. The first-order valence-corrected chi connectivity index (χ1v) is 7.48. The van der Waals surface area contributed by atoms with Crippen molar-refractivity contribution in [2.45, 2.75) is 37.6 Å². The lowest BCUT2D eigenvalue weighted by molar-refractivity contribution is -0.140. The molecule has 1 aliphatic carbocycles. The van der Waals surface area contributed by atoms with Crippen LogP contribution in [0, 0.1) is 0 Å². The Kier molecular flexibility index (Phi) is 3.92. The Morgan fingerprint density at radius 2 is 1.91 bits per heavy atom. The van der Waals surface area contributed by atoms with Gasteiger partial charge in [0.25, 0.3) is 0 Å². The smallest absolute Gasteiger partial charge is 0.305 e. The summed E-state index contributed by atoms with van der Waals surface area (Å²) >= 11 is 0. The maximum absolute atomic E-state index is 12.2. The molecule has 0 bridgehead atoms. The van der Waals surface area contributed by atoms with Gasteiger partial charge in [0.05, 0.1) is 18.4 Å². The second kappa shape index (κ2) is 5.87. The zero-order valence-corrected chi connectivity index (χ0v) is 12.3. The molecule has 1 aromatic carbocycles. The van der Waals surface area contributed by atoms with E-state index in [0.717, 1.165) is 24.8 Å². The number of ether oxygens (including phenoxy) is 2. The van der Waals surface area contributed by atoms with Gasteiger partial charge in [-0.25, -0.2) is 0 Å². The van der Waals surface area contributed by atoms with Gasteiger partial charge in [-0.15, -0.1) is 0 Å². The van der Waals surface area contributed by atoms with E-state index in [1.54, 1.807) is 12.1 Å². The van der Waals surface area contributed by atoms with Crippen LogP contribution in [0.2, 0.25) is 0 Å². The number of hydrogen-bond acceptors (Lipinski definition) is 4. The average molecular weight is 305 g/mol. The summed E-state index contributed by atoms with van der Waals surface area (Å²) in [6.45, 7) is 1.04. The van der Waals surface area contributed by atoms with E-state index < -0.39 is 11.5 Å². The number of carboxylic acid groups (broad SMARTS) is 1. The SMILES string of the molecule is O=C(O)CC1(NC(=O)Cc2ccc3c(c2)OCCO3)CCC1. The average Bonchev–Trinajstić information content (AvgIpc) is 2.44. The number of nitrogens with one attached hydrogen (secondary N) is 1. The van der Waals surface area contributed by atoms with Crippen molar-refractivity contribution in [2.24, 2.45) is 0 Å². The lowest BCUT2D eigenvalue weighted by atomic mass is 9.74. The molecule has 1 amide bonds. The molecule has 2 N–H and O–H groups in total. The highest BCUT2D eigenvalue weighted by molar-refractivity contribution is 5.81. The zero-order valence-electron chi connectivity index (χ0n) is 12.3. The second-order valence-corrected chi connectivity index (χ2v) is 5.91. The maximum atomic E-state index is 12.2. The highest BCUT2D eigenvalue weighted by atomic mass is 16.6. The first-order chi connectivity index (χ1) is 10.6. The Labute approximate surface area is 128 Å². The summed E-state index contributed by atoms with van der Waals surface area (Å²) in [4.78, 5) is 23.1. The molecule has 22 heavy (non-hydrogen) atoms. The second-order valence-electron chi connectivity index (χ2n) is 5.91. The number of carbonyl (C=O) groups is 2. The van der Waals surface area contributed by atoms with Crippen LogP contribution in [0.5, 0.6) is 11.5 Å². The van der Waals surface area contributed by atoms with Crippen molar-refractivity contribution in [2.75, 3.05) is 13.2 Å². The largest absolute Gasteiger partial charge is 0.486 e. The van der Waals surface area contributed by atoms with Gasteiger partial charge in [0, 0.05) is 0 Å². The summed E-state index contributed by atoms with van der Waals surface area (Å²) in [6.07, 6.45) is 2.60. The summed E-state index contributed by atoms with van der Waals surface area (Å²) in [5.41, 5.74) is 0.267. The summed E-state index contributed by atoms with van der Waals surface area (Å²) in [7, 11) is 0. The standard InChI is InChI=1S/C16H19NO5/c18-14(17-16(4-1-5-16)10-15(19)20)9-11-2-3-12-13(8-11)22-7-6-21-12/h2-3,8H,1,4-7,9-10H2,(H,17,18)(H,19,20). The maximum Gasteiger partial charge on any atom is 0.305 e. The third-order valence-electron chi connectivity index (χ3n) is 4.18. The molecule has 118 valence electrons. The molecule has 6 heteroatoms. The van der Waals surface area contributed by atoms with Gasteiger partial charge in [-0.3, -0.25) is 9.59 Å². The van der Waals surface area contributed by atoms with Crippen LogP contribution in [0.15, 0.2) is 18.2 Å². The fourth-order valence-electron chi connectivity index (χ4n) is 2.96. The molecule has 0 unspecified atom stereocenters. The molecule has 0 atom stereocenters. The van der Waals surface area contributed by atoms with Crippen LogP contribution >= 0.6 is 0 Å².